The number of aromatic nitrogens is 2. The molecule has 0 saturated carbocycles. The predicted molar refractivity (Wildman–Crippen MR) is 98.6 cm³/mol. The molecule has 3 nitrogen and oxygen atoms in total. The van der Waals surface area contributed by atoms with Crippen LogP contribution in [0.15, 0.2) is 61.2 Å². The highest BCUT2D eigenvalue weighted by Crippen LogP contribution is 2.28. The monoisotopic (exact) mass is 376 g/mol. The van der Waals surface area contributed by atoms with Gasteiger partial charge >= 0.3 is 0 Å². The van der Waals surface area contributed by atoms with Gasteiger partial charge in [0.2, 0.25) is 5.78 Å². The van der Waals surface area contributed by atoms with Gasteiger partial charge < -0.3 is 4.57 Å². The molecule has 24 heavy (non-hydrogen) atoms. The number of carbonyl (C=O) groups excluding carboxylic acids is 1. The third-order valence-corrected chi connectivity index (χ3v) is 4.48. The summed E-state index contributed by atoms with van der Waals surface area (Å²) >= 11 is 18.2. The van der Waals surface area contributed by atoms with Gasteiger partial charge in [0, 0.05) is 23.0 Å². The van der Waals surface area contributed by atoms with Gasteiger partial charge in [-0.2, -0.15) is 0 Å². The van der Waals surface area contributed by atoms with Gasteiger partial charge in [0.25, 0.3) is 0 Å². The Bertz CT molecular complexity index is 901. The number of hydrogen-bond donors (Lipinski definition) is 0. The van der Waals surface area contributed by atoms with E-state index in [0.717, 1.165) is 0 Å². The van der Waals surface area contributed by atoms with Crippen LogP contribution in [0, 0.1) is 0 Å². The summed E-state index contributed by atoms with van der Waals surface area (Å²) in [5.41, 5.74) is 1.56. The molecule has 0 unspecified atom stereocenters. The van der Waals surface area contributed by atoms with Crippen molar-refractivity contribution in [3.05, 3.63) is 87.4 Å². The maximum atomic E-state index is 12.9. The first-order chi connectivity index (χ1) is 11.6. The molecule has 0 saturated heterocycles. The highest BCUT2D eigenvalue weighted by atomic mass is 35.5. The molecule has 6 heteroatoms. The SMILES string of the molecule is O=C(/C(=C/c1cccc(Cl)c1Cl)n1ccnc1)c1ccc(Cl)cc1. The zero-order valence-corrected chi connectivity index (χ0v) is 14.6. The van der Waals surface area contributed by atoms with Crippen LogP contribution in [0.25, 0.3) is 11.8 Å². The fourth-order valence-corrected chi connectivity index (χ4v) is 2.68. The standard InChI is InChI=1S/C18H11Cl3N2O/c19-14-6-4-12(5-7-14)18(24)16(23-9-8-22-11-23)10-13-2-1-3-15(20)17(13)21/h1-11H/b16-10-. The Morgan fingerprint density at radius 1 is 1.04 bits per heavy atom. The number of nitrogens with zero attached hydrogens (tertiary/aromatic N) is 2. The average molecular weight is 378 g/mol. The molecule has 0 radical (unpaired) electrons. The van der Waals surface area contributed by atoms with E-state index in [9.17, 15) is 4.79 Å². The second-order valence-corrected chi connectivity index (χ2v) is 6.20. The van der Waals surface area contributed by atoms with E-state index in [2.05, 4.69) is 4.98 Å². The predicted octanol–water partition coefficient (Wildman–Crippen LogP) is 5.72. The number of ketones is 1. The van der Waals surface area contributed by atoms with Crippen molar-refractivity contribution in [1.29, 1.82) is 0 Å². The van der Waals surface area contributed by atoms with E-state index < -0.39 is 0 Å². The van der Waals surface area contributed by atoms with Gasteiger partial charge in [0.15, 0.2) is 0 Å². The zero-order chi connectivity index (χ0) is 17.1. The molecule has 1 heterocycles. The number of benzene rings is 2. The molecule has 0 aliphatic rings. The van der Waals surface area contributed by atoms with Crippen LogP contribution in [0.2, 0.25) is 15.1 Å². The molecule has 2 aromatic carbocycles. The van der Waals surface area contributed by atoms with Crippen LogP contribution < -0.4 is 0 Å². The Morgan fingerprint density at radius 2 is 1.79 bits per heavy atom. The lowest BCUT2D eigenvalue weighted by molar-refractivity contribution is 0.105. The van der Waals surface area contributed by atoms with E-state index in [1.165, 1.54) is 0 Å². The number of rotatable bonds is 4. The number of Topliss-reactive ketones (excluding diaryl/α,β-unsaturated/α-hetero) is 1. The summed E-state index contributed by atoms with van der Waals surface area (Å²) in [7, 11) is 0. The van der Waals surface area contributed by atoms with Gasteiger partial charge in [0.05, 0.1) is 22.1 Å². The van der Waals surface area contributed by atoms with E-state index in [4.69, 9.17) is 34.8 Å². The van der Waals surface area contributed by atoms with Crippen molar-refractivity contribution in [3.8, 4) is 0 Å². The van der Waals surface area contributed by atoms with Gasteiger partial charge in [-0.25, -0.2) is 4.98 Å². The fourth-order valence-electron chi connectivity index (χ4n) is 2.19. The molecule has 0 N–H and O–H groups in total. The Kier molecular flexibility index (Phi) is 5.05. The Balaban J connectivity index is 2.11. The average Bonchev–Trinajstić information content (AvgIpc) is 3.10. The molecule has 3 aromatic rings. The molecule has 0 atom stereocenters. The third-order valence-electron chi connectivity index (χ3n) is 3.40. The van der Waals surface area contributed by atoms with E-state index in [1.54, 1.807) is 71.8 Å². The lowest BCUT2D eigenvalue weighted by atomic mass is 10.1. The number of imidazole rings is 1. The van der Waals surface area contributed by atoms with Crippen LogP contribution in [0.1, 0.15) is 15.9 Å². The minimum Gasteiger partial charge on any atom is -0.303 e. The van der Waals surface area contributed by atoms with E-state index >= 15 is 0 Å². The molecule has 3 rings (SSSR count). The second kappa shape index (κ2) is 7.22. The molecule has 0 fully saturated rings. The summed E-state index contributed by atoms with van der Waals surface area (Å²) in [6.45, 7) is 0. The van der Waals surface area contributed by atoms with Gasteiger partial charge in [-0.1, -0.05) is 46.9 Å². The Labute approximate surface area is 154 Å². The first-order valence-electron chi connectivity index (χ1n) is 7.00. The highest BCUT2D eigenvalue weighted by molar-refractivity contribution is 6.43. The first kappa shape index (κ1) is 16.8. The summed E-state index contributed by atoms with van der Waals surface area (Å²) in [6, 6.07) is 12.0. The molecule has 0 aliphatic heterocycles. The lowest BCUT2D eigenvalue weighted by Crippen LogP contribution is -2.08. The lowest BCUT2D eigenvalue weighted by Gasteiger charge is -2.09. The molecule has 120 valence electrons. The van der Waals surface area contributed by atoms with Crippen molar-refractivity contribution in [3.63, 3.8) is 0 Å². The Morgan fingerprint density at radius 3 is 2.46 bits per heavy atom. The van der Waals surface area contributed by atoms with Crippen molar-refractivity contribution in [1.82, 2.24) is 9.55 Å². The summed E-state index contributed by atoms with van der Waals surface area (Å²) in [5.74, 6) is -0.180. The van der Waals surface area contributed by atoms with Gasteiger partial charge in [-0.15, -0.1) is 0 Å². The van der Waals surface area contributed by atoms with Crippen molar-refractivity contribution >= 4 is 52.4 Å². The topological polar surface area (TPSA) is 34.9 Å². The fraction of sp³-hybridized carbons (Fsp3) is 0. The molecule has 0 spiro atoms. The van der Waals surface area contributed by atoms with E-state index in [0.29, 0.717) is 31.9 Å². The van der Waals surface area contributed by atoms with E-state index in [1.807, 2.05) is 0 Å². The van der Waals surface area contributed by atoms with Crippen molar-refractivity contribution in [2.45, 2.75) is 0 Å². The quantitative estimate of drug-likeness (QED) is 0.430. The number of hydrogen-bond acceptors (Lipinski definition) is 2. The second-order valence-electron chi connectivity index (χ2n) is 4.98. The van der Waals surface area contributed by atoms with Crippen LogP contribution >= 0.6 is 34.8 Å². The zero-order valence-electron chi connectivity index (χ0n) is 12.3. The number of halogens is 3. The first-order valence-corrected chi connectivity index (χ1v) is 8.14. The maximum absolute atomic E-state index is 12.9. The van der Waals surface area contributed by atoms with Gasteiger partial charge in [-0.05, 0) is 42.0 Å². The van der Waals surface area contributed by atoms with Crippen molar-refractivity contribution < 1.29 is 4.79 Å². The summed E-state index contributed by atoms with van der Waals surface area (Å²) in [4.78, 5) is 16.9. The van der Waals surface area contributed by atoms with Gasteiger partial charge in [0.1, 0.15) is 0 Å². The molecule has 0 aliphatic carbocycles. The maximum Gasteiger partial charge on any atom is 0.209 e. The van der Waals surface area contributed by atoms with Crippen LogP contribution in [0.4, 0.5) is 0 Å². The van der Waals surface area contributed by atoms with Crippen LogP contribution in [-0.4, -0.2) is 15.3 Å². The number of allylic oxidation sites excluding steroid dienone is 1. The number of carbonyl (C=O) groups is 1. The molecular weight excluding hydrogens is 367 g/mol. The Hall–Kier alpha value is -2.07. The van der Waals surface area contributed by atoms with Crippen LogP contribution in [0.5, 0.6) is 0 Å². The van der Waals surface area contributed by atoms with Crippen LogP contribution in [0.3, 0.4) is 0 Å². The molecule has 1 aromatic heterocycles. The smallest absolute Gasteiger partial charge is 0.209 e. The molecule has 0 bridgehead atoms. The third kappa shape index (κ3) is 3.54. The minimum absolute atomic E-state index is 0.180. The molecule has 0 amide bonds. The summed E-state index contributed by atoms with van der Waals surface area (Å²) in [5, 5.41) is 1.38. The largest absolute Gasteiger partial charge is 0.303 e. The van der Waals surface area contributed by atoms with Crippen molar-refractivity contribution in [2.24, 2.45) is 0 Å². The summed E-state index contributed by atoms with van der Waals surface area (Å²) in [6.07, 6.45) is 6.53. The van der Waals surface area contributed by atoms with Crippen LogP contribution in [-0.2, 0) is 0 Å². The highest BCUT2D eigenvalue weighted by Gasteiger charge is 2.15. The minimum atomic E-state index is -0.180. The van der Waals surface area contributed by atoms with Crippen molar-refractivity contribution in [2.75, 3.05) is 0 Å². The summed E-state index contributed by atoms with van der Waals surface area (Å²) < 4.78 is 1.63. The normalized spacial score (nSPS) is 11.5. The van der Waals surface area contributed by atoms with Gasteiger partial charge in [-0.3, -0.25) is 4.79 Å². The van der Waals surface area contributed by atoms with E-state index in [-0.39, 0.29) is 5.78 Å². The molecular formula is C18H11Cl3N2O.